The van der Waals surface area contributed by atoms with Crippen LogP contribution in [0.2, 0.25) is 0 Å². The van der Waals surface area contributed by atoms with Gasteiger partial charge in [-0.15, -0.1) is 0 Å². The average Bonchev–Trinajstić information content (AvgIpc) is 2.70. The molecule has 3 rings (SSSR count). The summed E-state index contributed by atoms with van der Waals surface area (Å²) in [4.78, 5) is 40.9. The average molecular weight is 378 g/mol. The summed E-state index contributed by atoms with van der Waals surface area (Å²) in [6.45, 7) is 4.18. The number of benzene rings is 2. The summed E-state index contributed by atoms with van der Waals surface area (Å²) in [5, 5.41) is 0. The molecular weight excluding hydrogens is 352 g/mol. The fourth-order valence-corrected chi connectivity index (χ4v) is 3.54. The van der Waals surface area contributed by atoms with Gasteiger partial charge in [0.2, 0.25) is 11.7 Å². The lowest BCUT2D eigenvalue weighted by molar-refractivity contribution is -0.148. The number of ketones is 1. The summed E-state index contributed by atoms with van der Waals surface area (Å²) >= 11 is 0. The van der Waals surface area contributed by atoms with Crippen molar-refractivity contribution >= 4 is 23.3 Å². The highest BCUT2D eigenvalue weighted by atomic mass is 16.2. The lowest BCUT2D eigenvalue weighted by atomic mass is 10.00. The predicted octanol–water partition coefficient (Wildman–Crippen LogP) is 3.15. The Morgan fingerprint density at radius 2 is 1.71 bits per heavy atom. The first-order valence-electron chi connectivity index (χ1n) is 9.74. The van der Waals surface area contributed by atoms with E-state index in [0.29, 0.717) is 19.4 Å². The molecule has 0 saturated carbocycles. The second-order valence-corrected chi connectivity index (χ2v) is 7.29. The fourth-order valence-electron chi connectivity index (χ4n) is 3.54. The number of carbonyl (C=O) groups excluding carboxylic acids is 3. The van der Waals surface area contributed by atoms with E-state index in [1.54, 1.807) is 4.90 Å². The Labute approximate surface area is 166 Å². The van der Waals surface area contributed by atoms with E-state index < -0.39 is 11.7 Å². The third-order valence-electron chi connectivity index (χ3n) is 5.08. The molecule has 1 aliphatic rings. The van der Waals surface area contributed by atoms with Crippen LogP contribution in [0.5, 0.6) is 0 Å². The number of carbonyl (C=O) groups is 3. The van der Waals surface area contributed by atoms with Gasteiger partial charge in [-0.3, -0.25) is 14.4 Å². The second-order valence-electron chi connectivity index (χ2n) is 7.29. The molecule has 5 nitrogen and oxygen atoms in total. The molecule has 1 heterocycles. The Balaban J connectivity index is 1.87. The first-order valence-corrected chi connectivity index (χ1v) is 9.74. The van der Waals surface area contributed by atoms with Crippen LogP contribution in [0.25, 0.3) is 0 Å². The minimum Gasteiger partial charge on any atom is -0.322 e. The van der Waals surface area contributed by atoms with E-state index >= 15 is 0 Å². The summed E-state index contributed by atoms with van der Waals surface area (Å²) in [6.07, 6.45) is 1.43. The first kappa shape index (κ1) is 19.8. The summed E-state index contributed by atoms with van der Waals surface area (Å²) in [7, 11) is 0. The third kappa shape index (κ3) is 4.47. The molecule has 28 heavy (non-hydrogen) atoms. The molecule has 0 spiro atoms. The van der Waals surface area contributed by atoms with Crippen LogP contribution in [0.3, 0.4) is 0 Å². The van der Waals surface area contributed by atoms with Crippen LogP contribution in [0, 0.1) is 6.92 Å². The molecule has 0 aliphatic carbocycles. The number of anilines is 1. The van der Waals surface area contributed by atoms with Gasteiger partial charge < -0.3 is 9.80 Å². The molecule has 2 aromatic rings. The van der Waals surface area contributed by atoms with Gasteiger partial charge in [0.05, 0.1) is 6.04 Å². The number of hydrogen-bond donors (Lipinski definition) is 0. The Morgan fingerprint density at radius 3 is 2.36 bits per heavy atom. The molecule has 146 valence electrons. The van der Waals surface area contributed by atoms with Gasteiger partial charge in [0.25, 0.3) is 5.91 Å². The van der Waals surface area contributed by atoms with E-state index in [-0.39, 0.29) is 24.9 Å². The van der Waals surface area contributed by atoms with E-state index in [9.17, 15) is 14.4 Å². The van der Waals surface area contributed by atoms with Crippen LogP contribution < -0.4 is 4.90 Å². The van der Waals surface area contributed by atoms with Crippen molar-refractivity contribution in [2.75, 3.05) is 18.0 Å². The van der Waals surface area contributed by atoms with Gasteiger partial charge in [-0.1, -0.05) is 55.0 Å². The largest absolute Gasteiger partial charge is 0.322 e. The predicted molar refractivity (Wildman–Crippen MR) is 109 cm³/mol. The van der Waals surface area contributed by atoms with Crippen molar-refractivity contribution < 1.29 is 14.4 Å². The highest BCUT2D eigenvalue weighted by Gasteiger charge is 2.37. The normalized spacial score (nSPS) is 16.9. The van der Waals surface area contributed by atoms with Crippen LogP contribution in [0.1, 0.15) is 30.9 Å². The molecule has 1 atom stereocenters. The van der Waals surface area contributed by atoms with Crippen molar-refractivity contribution in [1.29, 1.82) is 0 Å². The lowest BCUT2D eigenvalue weighted by Gasteiger charge is -2.41. The van der Waals surface area contributed by atoms with Gasteiger partial charge >= 0.3 is 0 Å². The molecule has 1 fully saturated rings. The number of nitrogens with zero attached hydrogens (tertiary/aromatic N) is 2. The van der Waals surface area contributed by atoms with Gasteiger partial charge in [0.15, 0.2) is 0 Å². The van der Waals surface area contributed by atoms with Gasteiger partial charge in [0.1, 0.15) is 6.54 Å². The van der Waals surface area contributed by atoms with E-state index in [1.165, 1.54) is 4.90 Å². The molecule has 0 unspecified atom stereocenters. The SMILES string of the molecule is CCCC(=O)C(=O)N1CC(=O)N(c2ccc(C)cc2)C[C@H]1Cc1ccccc1. The van der Waals surface area contributed by atoms with E-state index in [2.05, 4.69) is 0 Å². The molecule has 0 N–H and O–H groups in total. The highest BCUT2D eigenvalue weighted by Crippen LogP contribution is 2.23. The van der Waals surface area contributed by atoms with Crippen molar-refractivity contribution in [2.45, 2.75) is 39.2 Å². The highest BCUT2D eigenvalue weighted by molar-refractivity contribution is 6.36. The Morgan fingerprint density at radius 1 is 1.04 bits per heavy atom. The van der Waals surface area contributed by atoms with Crippen LogP contribution in [0.15, 0.2) is 54.6 Å². The number of rotatable bonds is 6. The van der Waals surface area contributed by atoms with E-state index in [0.717, 1.165) is 16.8 Å². The number of Topliss-reactive ketones (excluding diaryl/α,β-unsaturated/α-hetero) is 1. The minimum atomic E-state index is -0.542. The Kier molecular flexibility index (Phi) is 6.24. The van der Waals surface area contributed by atoms with E-state index in [4.69, 9.17) is 0 Å². The Hall–Kier alpha value is -2.95. The zero-order valence-corrected chi connectivity index (χ0v) is 16.4. The third-order valence-corrected chi connectivity index (χ3v) is 5.08. The molecule has 0 bridgehead atoms. The van der Waals surface area contributed by atoms with Gasteiger partial charge in [-0.25, -0.2) is 0 Å². The molecule has 0 radical (unpaired) electrons. The van der Waals surface area contributed by atoms with Crippen molar-refractivity contribution in [3.63, 3.8) is 0 Å². The van der Waals surface area contributed by atoms with Crippen molar-refractivity contribution in [1.82, 2.24) is 4.90 Å². The number of amides is 2. The number of piperazine rings is 1. The Bertz CT molecular complexity index is 846. The van der Waals surface area contributed by atoms with E-state index in [1.807, 2.05) is 68.4 Å². The van der Waals surface area contributed by atoms with Crippen LogP contribution in [-0.4, -0.2) is 41.6 Å². The minimum absolute atomic E-state index is 0.0698. The first-order chi connectivity index (χ1) is 13.5. The van der Waals surface area contributed by atoms with Crippen LogP contribution in [0.4, 0.5) is 5.69 Å². The van der Waals surface area contributed by atoms with Crippen molar-refractivity contribution in [2.24, 2.45) is 0 Å². The summed E-state index contributed by atoms with van der Waals surface area (Å²) in [5.74, 6) is -1.12. The fraction of sp³-hybridized carbons (Fsp3) is 0.348. The van der Waals surface area contributed by atoms with Gasteiger partial charge in [0, 0.05) is 18.7 Å². The van der Waals surface area contributed by atoms with Crippen molar-refractivity contribution in [3.05, 3.63) is 65.7 Å². The zero-order chi connectivity index (χ0) is 20.1. The molecule has 2 aromatic carbocycles. The van der Waals surface area contributed by atoms with Crippen LogP contribution >= 0.6 is 0 Å². The van der Waals surface area contributed by atoms with Gasteiger partial charge in [-0.05, 0) is 37.5 Å². The molecule has 1 saturated heterocycles. The summed E-state index contributed by atoms with van der Waals surface area (Å²) < 4.78 is 0. The monoisotopic (exact) mass is 378 g/mol. The molecule has 1 aliphatic heterocycles. The number of aryl methyl sites for hydroxylation is 1. The molecular formula is C23H26N2O3. The maximum absolute atomic E-state index is 12.8. The zero-order valence-electron chi connectivity index (χ0n) is 16.4. The van der Waals surface area contributed by atoms with Crippen molar-refractivity contribution in [3.8, 4) is 0 Å². The molecule has 2 amide bonds. The quantitative estimate of drug-likeness (QED) is 0.726. The summed E-state index contributed by atoms with van der Waals surface area (Å²) in [6, 6.07) is 17.4. The van der Waals surface area contributed by atoms with Gasteiger partial charge in [-0.2, -0.15) is 0 Å². The maximum atomic E-state index is 12.8. The maximum Gasteiger partial charge on any atom is 0.290 e. The van der Waals surface area contributed by atoms with Crippen LogP contribution in [-0.2, 0) is 20.8 Å². The standard InChI is InChI=1S/C23H26N2O3/c1-3-7-21(26)23(28)25-16-22(27)24(19-12-10-17(2)11-13-19)15-20(25)14-18-8-5-4-6-9-18/h4-6,8-13,20H,3,7,14-16H2,1-2H3/t20-/m1/s1. The summed E-state index contributed by atoms with van der Waals surface area (Å²) in [5.41, 5.74) is 3.02. The lowest BCUT2D eigenvalue weighted by Crippen LogP contribution is -2.60. The smallest absolute Gasteiger partial charge is 0.290 e. The second kappa shape index (κ2) is 8.83. The molecule has 5 heteroatoms. The topological polar surface area (TPSA) is 57.7 Å². The number of hydrogen-bond acceptors (Lipinski definition) is 3. The molecule has 0 aromatic heterocycles.